The molecule has 0 bridgehead atoms. The van der Waals surface area contributed by atoms with E-state index in [4.69, 9.17) is 5.73 Å². The molecular formula is C18H17N5O2S. The molecule has 8 heteroatoms. The highest BCUT2D eigenvalue weighted by Crippen LogP contribution is 2.25. The number of primary amides is 1. The molecule has 0 aliphatic rings. The Morgan fingerprint density at radius 1 is 1.04 bits per heavy atom. The monoisotopic (exact) mass is 367 g/mol. The number of aromatic nitrogens is 2. The summed E-state index contributed by atoms with van der Waals surface area (Å²) in [6.07, 6.45) is 0. The molecular weight excluding hydrogens is 350 g/mol. The summed E-state index contributed by atoms with van der Waals surface area (Å²) in [5, 5.41) is 14.5. The first kappa shape index (κ1) is 17.6. The van der Waals surface area contributed by atoms with Crippen molar-refractivity contribution in [2.75, 3.05) is 5.32 Å². The molecule has 0 spiro atoms. The first-order valence-corrected chi connectivity index (χ1v) is 8.67. The lowest BCUT2D eigenvalue weighted by molar-refractivity contribution is -0.120. The van der Waals surface area contributed by atoms with Crippen LogP contribution >= 0.6 is 11.3 Å². The summed E-state index contributed by atoms with van der Waals surface area (Å²) in [5.41, 5.74) is 7.76. The molecule has 0 saturated carbocycles. The molecule has 0 aliphatic heterocycles. The summed E-state index contributed by atoms with van der Waals surface area (Å²) in [6.45, 7) is 1.93. The molecule has 4 N–H and O–H groups in total. The molecule has 0 radical (unpaired) electrons. The van der Waals surface area contributed by atoms with Crippen LogP contribution in [-0.2, 0) is 4.79 Å². The van der Waals surface area contributed by atoms with Crippen molar-refractivity contribution < 1.29 is 9.59 Å². The fourth-order valence-corrected chi connectivity index (χ4v) is 3.04. The van der Waals surface area contributed by atoms with Gasteiger partial charge < -0.3 is 16.4 Å². The third-order valence-corrected chi connectivity index (χ3v) is 4.49. The van der Waals surface area contributed by atoms with Crippen molar-refractivity contribution in [1.82, 2.24) is 15.5 Å². The number of hydrogen-bond donors (Lipinski definition) is 3. The Bertz CT molecular complexity index is 909. The Labute approximate surface area is 154 Å². The number of nitrogens with zero attached hydrogens (tertiary/aromatic N) is 2. The number of nitrogens with two attached hydrogens (primary N) is 1. The topological polar surface area (TPSA) is 110 Å². The van der Waals surface area contributed by atoms with Crippen molar-refractivity contribution in [1.29, 1.82) is 0 Å². The molecule has 26 heavy (non-hydrogen) atoms. The molecule has 1 atom stereocenters. The Hall–Kier alpha value is -3.26. The van der Waals surface area contributed by atoms with Gasteiger partial charge in [0.25, 0.3) is 5.91 Å². The molecule has 0 fully saturated rings. The number of rotatable bonds is 6. The van der Waals surface area contributed by atoms with Crippen LogP contribution in [0.5, 0.6) is 0 Å². The molecule has 3 aromatic rings. The van der Waals surface area contributed by atoms with E-state index in [0.717, 1.165) is 22.6 Å². The zero-order valence-corrected chi connectivity index (χ0v) is 14.8. The van der Waals surface area contributed by atoms with E-state index in [0.29, 0.717) is 15.7 Å². The second kappa shape index (κ2) is 7.75. The van der Waals surface area contributed by atoms with E-state index in [-0.39, 0.29) is 0 Å². The van der Waals surface area contributed by atoms with Crippen molar-refractivity contribution in [3.05, 3.63) is 70.7 Å². The zero-order chi connectivity index (χ0) is 18.5. The zero-order valence-electron chi connectivity index (χ0n) is 14.0. The minimum absolute atomic E-state index is 0.316. The number of benzene rings is 2. The molecule has 132 valence electrons. The number of anilines is 2. The van der Waals surface area contributed by atoms with E-state index in [2.05, 4.69) is 20.8 Å². The number of hydrogen-bond acceptors (Lipinski definition) is 6. The van der Waals surface area contributed by atoms with E-state index in [9.17, 15) is 9.59 Å². The van der Waals surface area contributed by atoms with E-state index >= 15 is 0 Å². The van der Waals surface area contributed by atoms with Crippen molar-refractivity contribution >= 4 is 34.0 Å². The van der Waals surface area contributed by atoms with Gasteiger partial charge in [-0.25, -0.2) is 0 Å². The van der Waals surface area contributed by atoms with Crippen molar-refractivity contribution in [2.45, 2.75) is 13.0 Å². The van der Waals surface area contributed by atoms with E-state index in [1.807, 2.05) is 49.4 Å². The summed E-state index contributed by atoms with van der Waals surface area (Å²) < 4.78 is 0. The van der Waals surface area contributed by atoms with Crippen LogP contribution in [0.2, 0.25) is 0 Å². The summed E-state index contributed by atoms with van der Waals surface area (Å²) in [7, 11) is 0. The van der Waals surface area contributed by atoms with Crippen molar-refractivity contribution in [3.8, 4) is 0 Å². The number of carbonyl (C=O) groups is 2. The molecule has 7 nitrogen and oxygen atoms in total. The van der Waals surface area contributed by atoms with Gasteiger partial charge in [-0.3, -0.25) is 9.59 Å². The quantitative estimate of drug-likeness (QED) is 0.620. The van der Waals surface area contributed by atoms with Crippen LogP contribution in [0.15, 0.2) is 54.6 Å². The van der Waals surface area contributed by atoms with Gasteiger partial charge in [0.05, 0.1) is 0 Å². The Balaban J connectivity index is 1.75. The van der Waals surface area contributed by atoms with Crippen LogP contribution in [0.3, 0.4) is 0 Å². The maximum Gasteiger partial charge on any atom is 0.252 e. The fraction of sp³-hybridized carbons (Fsp3) is 0.111. The molecule has 3 rings (SSSR count). The van der Waals surface area contributed by atoms with Gasteiger partial charge in [-0.1, -0.05) is 47.2 Å². The van der Waals surface area contributed by atoms with Crippen LogP contribution in [0.1, 0.15) is 27.0 Å². The van der Waals surface area contributed by atoms with E-state index in [1.54, 1.807) is 12.1 Å². The van der Waals surface area contributed by atoms with Crippen molar-refractivity contribution in [2.24, 2.45) is 5.73 Å². The van der Waals surface area contributed by atoms with E-state index in [1.165, 1.54) is 0 Å². The smallest absolute Gasteiger partial charge is 0.252 e. The lowest BCUT2D eigenvalue weighted by Gasteiger charge is -2.12. The minimum Gasteiger partial charge on any atom is -0.367 e. The molecule has 1 aromatic heterocycles. The number of aryl methyl sites for hydroxylation is 1. The summed E-state index contributed by atoms with van der Waals surface area (Å²) >= 11 is 1.15. The first-order valence-electron chi connectivity index (χ1n) is 7.85. The minimum atomic E-state index is -1.05. The average molecular weight is 367 g/mol. The molecule has 0 saturated heterocycles. The van der Waals surface area contributed by atoms with Crippen LogP contribution in [0.25, 0.3) is 0 Å². The maximum atomic E-state index is 12.4. The summed E-state index contributed by atoms with van der Waals surface area (Å²) in [5.74, 6) is -1.10. The molecule has 2 aromatic carbocycles. The second-order valence-corrected chi connectivity index (χ2v) is 6.62. The lowest BCUT2D eigenvalue weighted by atomic mass is 10.1. The molecule has 0 aliphatic carbocycles. The largest absolute Gasteiger partial charge is 0.367 e. The number of amides is 2. The van der Waals surface area contributed by atoms with Gasteiger partial charge in [0.15, 0.2) is 11.0 Å². The third-order valence-electron chi connectivity index (χ3n) is 3.59. The fourth-order valence-electron chi connectivity index (χ4n) is 2.22. The third kappa shape index (κ3) is 4.22. The number of carbonyl (C=O) groups excluding carboxylic acids is 2. The van der Waals surface area contributed by atoms with Gasteiger partial charge in [-0.2, -0.15) is 0 Å². The molecule has 1 heterocycles. The highest BCUT2D eigenvalue weighted by molar-refractivity contribution is 7.15. The van der Waals surface area contributed by atoms with Crippen LogP contribution < -0.4 is 16.4 Å². The summed E-state index contributed by atoms with van der Waals surface area (Å²) in [6, 6.07) is 15.4. The SMILES string of the molecule is Cc1ccc(C(=O)N[C@@H](C(N)=O)c2nnc(Nc3ccccc3)s2)cc1. The van der Waals surface area contributed by atoms with E-state index < -0.39 is 17.9 Å². The first-order chi connectivity index (χ1) is 12.5. The van der Waals surface area contributed by atoms with Gasteiger partial charge in [0.1, 0.15) is 0 Å². The number of para-hydroxylation sites is 1. The average Bonchev–Trinajstić information content (AvgIpc) is 3.08. The summed E-state index contributed by atoms with van der Waals surface area (Å²) in [4.78, 5) is 24.2. The van der Waals surface area contributed by atoms with Gasteiger partial charge >= 0.3 is 0 Å². The molecule has 2 amide bonds. The highest BCUT2D eigenvalue weighted by Gasteiger charge is 2.25. The van der Waals surface area contributed by atoms with Crippen LogP contribution in [0.4, 0.5) is 10.8 Å². The Morgan fingerprint density at radius 2 is 1.73 bits per heavy atom. The van der Waals surface area contributed by atoms with Gasteiger partial charge in [0.2, 0.25) is 11.0 Å². The van der Waals surface area contributed by atoms with Gasteiger partial charge in [-0.05, 0) is 31.2 Å². The molecule has 0 unspecified atom stereocenters. The van der Waals surface area contributed by atoms with Gasteiger partial charge in [0, 0.05) is 11.3 Å². The maximum absolute atomic E-state index is 12.4. The predicted octanol–water partition coefficient (Wildman–Crippen LogP) is 2.55. The van der Waals surface area contributed by atoms with Crippen molar-refractivity contribution in [3.63, 3.8) is 0 Å². The standard InChI is InChI=1S/C18H17N5O2S/c1-11-7-9-12(10-8-11)16(25)21-14(15(19)24)17-22-23-18(26-17)20-13-5-3-2-4-6-13/h2-10,14H,1H3,(H2,19,24)(H,20,23)(H,21,25)/t14-/m0/s1. The normalized spacial score (nSPS) is 11.6. The van der Waals surface area contributed by atoms with Crippen LogP contribution in [-0.4, -0.2) is 22.0 Å². The van der Waals surface area contributed by atoms with Gasteiger partial charge in [-0.15, -0.1) is 10.2 Å². The second-order valence-electron chi connectivity index (χ2n) is 5.61. The highest BCUT2D eigenvalue weighted by atomic mass is 32.1. The van der Waals surface area contributed by atoms with Crippen LogP contribution in [0, 0.1) is 6.92 Å². The predicted molar refractivity (Wildman–Crippen MR) is 100 cm³/mol. The Kier molecular flexibility index (Phi) is 5.23. The number of nitrogens with one attached hydrogen (secondary N) is 2. The lowest BCUT2D eigenvalue weighted by Crippen LogP contribution is -2.37. The Morgan fingerprint density at radius 3 is 2.38 bits per heavy atom.